The van der Waals surface area contributed by atoms with Gasteiger partial charge in [0.25, 0.3) is 0 Å². The third-order valence-electron chi connectivity index (χ3n) is 4.74. The van der Waals surface area contributed by atoms with Gasteiger partial charge in [-0.05, 0) is 45.2 Å². The Kier molecular flexibility index (Phi) is 4.59. The number of rotatable bonds is 3. The topological polar surface area (TPSA) is 79.5 Å². The highest BCUT2D eigenvalue weighted by atomic mass is 32.2. The minimum atomic E-state index is -0.165. The summed E-state index contributed by atoms with van der Waals surface area (Å²) in [5.41, 5.74) is 6.64. The van der Waals surface area contributed by atoms with Crippen molar-refractivity contribution >= 4 is 22.8 Å². The lowest BCUT2D eigenvalue weighted by Gasteiger charge is -2.36. The average Bonchev–Trinajstić information content (AvgIpc) is 3.01. The van der Waals surface area contributed by atoms with Gasteiger partial charge in [0.15, 0.2) is 5.17 Å². The third kappa shape index (κ3) is 3.38. The number of hydrogen-bond acceptors (Lipinski definition) is 5. The number of thioether (sulfide) groups is 1. The second-order valence-corrected chi connectivity index (χ2v) is 7.53. The predicted octanol–water partition coefficient (Wildman–Crippen LogP) is 1.52. The highest BCUT2D eigenvalue weighted by molar-refractivity contribution is 8.13. The van der Waals surface area contributed by atoms with E-state index in [1.807, 2.05) is 6.08 Å². The Morgan fingerprint density at radius 3 is 3.18 bits per heavy atom. The summed E-state index contributed by atoms with van der Waals surface area (Å²) >= 11 is 1.62. The van der Waals surface area contributed by atoms with Gasteiger partial charge in [0.1, 0.15) is 0 Å². The molecule has 0 spiro atoms. The van der Waals surface area contributed by atoms with Crippen LogP contribution in [0.5, 0.6) is 0 Å². The van der Waals surface area contributed by atoms with Crippen LogP contribution in [0.4, 0.5) is 0 Å². The second-order valence-electron chi connectivity index (χ2n) is 6.41. The molecule has 5 nitrogen and oxygen atoms in total. The fourth-order valence-corrected chi connectivity index (χ4v) is 4.30. The number of nitrogens with zero attached hydrogens (tertiary/aromatic N) is 1. The maximum atomic E-state index is 12.2. The van der Waals surface area contributed by atoms with E-state index in [4.69, 9.17) is 5.73 Å². The van der Waals surface area contributed by atoms with Gasteiger partial charge in [-0.15, -0.1) is 0 Å². The second kappa shape index (κ2) is 6.46. The number of nitrogens with one attached hydrogen (secondary N) is 2. The van der Waals surface area contributed by atoms with Gasteiger partial charge in [0.05, 0.1) is 11.6 Å². The largest absolute Gasteiger partial charge is 0.379 e. The van der Waals surface area contributed by atoms with E-state index in [0.29, 0.717) is 5.17 Å². The molecule has 4 N–H and O–H groups in total. The Morgan fingerprint density at radius 2 is 2.45 bits per heavy atom. The number of amidine groups is 1. The summed E-state index contributed by atoms with van der Waals surface area (Å²) in [6.45, 7) is 3.09. The summed E-state index contributed by atoms with van der Waals surface area (Å²) in [5.74, 6) is 1.36. The van der Waals surface area contributed by atoms with Crippen molar-refractivity contribution in [1.29, 1.82) is 0 Å². The van der Waals surface area contributed by atoms with E-state index in [2.05, 4.69) is 34.7 Å². The Balaban J connectivity index is 1.70. The Bertz CT molecular complexity index is 536. The zero-order valence-corrected chi connectivity index (χ0v) is 13.8. The van der Waals surface area contributed by atoms with Gasteiger partial charge >= 0.3 is 0 Å². The number of aliphatic imine (C=N–C) groups is 1. The van der Waals surface area contributed by atoms with E-state index < -0.39 is 0 Å². The normalized spacial score (nSPS) is 35.0. The molecule has 2 heterocycles. The molecule has 0 aromatic heterocycles. The third-order valence-corrected chi connectivity index (χ3v) is 5.53. The fraction of sp³-hybridized carbons (Fsp3) is 0.625. The first-order valence-corrected chi connectivity index (χ1v) is 8.96. The quantitative estimate of drug-likeness (QED) is 0.737. The van der Waals surface area contributed by atoms with Gasteiger partial charge in [-0.3, -0.25) is 9.79 Å². The van der Waals surface area contributed by atoms with Gasteiger partial charge in [-0.2, -0.15) is 0 Å². The molecule has 1 saturated heterocycles. The monoisotopic (exact) mass is 320 g/mol. The SMILES string of the molecule is C[C@@]1(C2C=C(NC(=O)[C@@H]3CCCN3)C=CC2)CCSC(N)=N1. The van der Waals surface area contributed by atoms with E-state index in [-0.39, 0.29) is 23.4 Å². The molecule has 0 aromatic rings. The van der Waals surface area contributed by atoms with E-state index in [1.165, 1.54) is 0 Å². The van der Waals surface area contributed by atoms with Crippen LogP contribution < -0.4 is 16.4 Å². The number of carbonyl (C=O) groups is 1. The molecule has 3 atom stereocenters. The van der Waals surface area contributed by atoms with Crippen LogP contribution in [0.15, 0.2) is 28.9 Å². The maximum Gasteiger partial charge on any atom is 0.241 e. The van der Waals surface area contributed by atoms with E-state index in [1.54, 1.807) is 11.8 Å². The van der Waals surface area contributed by atoms with Gasteiger partial charge in [-0.1, -0.05) is 23.9 Å². The molecule has 22 heavy (non-hydrogen) atoms. The van der Waals surface area contributed by atoms with Gasteiger partial charge in [0, 0.05) is 17.4 Å². The minimum absolute atomic E-state index is 0.0509. The van der Waals surface area contributed by atoms with E-state index in [9.17, 15) is 4.79 Å². The average molecular weight is 320 g/mol. The van der Waals surface area contributed by atoms with Crippen LogP contribution in [0, 0.1) is 5.92 Å². The van der Waals surface area contributed by atoms with Crippen molar-refractivity contribution in [3.05, 3.63) is 23.9 Å². The highest BCUT2D eigenvalue weighted by Gasteiger charge is 2.35. The first kappa shape index (κ1) is 15.6. The van der Waals surface area contributed by atoms with E-state index >= 15 is 0 Å². The number of hydrogen-bond donors (Lipinski definition) is 3. The van der Waals surface area contributed by atoms with E-state index in [0.717, 1.165) is 43.7 Å². The van der Waals surface area contributed by atoms with Gasteiger partial charge in [-0.25, -0.2) is 0 Å². The fourth-order valence-electron chi connectivity index (χ4n) is 3.31. The van der Waals surface area contributed by atoms with Crippen LogP contribution in [-0.4, -0.2) is 35.0 Å². The van der Waals surface area contributed by atoms with Crippen molar-refractivity contribution in [3.8, 4) is 0 Å². The van der Waals surface area contributed by atoms with Crippen LogP contribution in [0.25, 0.3) is 0 Å². The highest BCUT2D eigenvalue weighted by Crippen LogP contribution is 2.37. The van der Waals surface area contributed by atoms with Crippen molar-refractivity contribution < 1.29 is 4.79 Å². The van der Waals surface area contributed by atoms with Crippen molar-refractivity contribution in [2.24, 2.45) is 16.6 Å². The van der Waals surface area contributed by atoms with Crippen LogP contribution in [-0.2, 0) is 4.79 Å². The lowest BCUT2D eigenvalue weighted by atomic mass is 9.79. The lowest BCUT2D eigenvalue weighted by molar-refractivity contribution is -0.122. The number of amides is 1. The molecule has 3 aliphatic rings. The number of carbonyl (C=O) groups excluding carboxylic acids is 1. The molecular formula is C16H24N4OS. The van der Waals surface area contributed by atoms with Crippen LogP contribution in [0.2, 0.25) is 0 Å². The maximum absolute atomic E-state index is 12.2. The first-order chi connectivity index (χ1) is 10.6. The van der Waals surface area contributed by atoms with Crippen molar-refractivity contribution in [1.82, 2.24) is 10.6 Å². The van der Waals surface area contributed by atoms with Crippen LogP contribution >= 0.6 is 11.8 Å². The molecule has 120 valence electrons. The zero-order chi connectivity index (χ0) is 15.6. The predicted molar refractivity (Wildman–Crippen MR) is 91.6 cm³/mol. The summed E-state index contributed by atoms with van der Waals surface area (Å²) in [4.78, 5) is 16.9. The smallest absolute Gasteiger partial charge is 0.241 e. The summed E-state index contributed by atoms with van der Waals surface area (Å²) in [7, 11) is 0. The van der Waals surface area contributed by atoms with Crippen molar-refractivity contribution in [2.75, 3.05) is 12.3 Å². The number of nitrogens with two attached hydrogens (primary N) is 1. The molecule has 2 aliphatic heterocycles. The summed E-state index contributed by atoms with van der Waals surface area (Å²) < 4.78 is 0. The molecule has 3 rings (SSSR count). The Labute approximate surface area is 135 Å². The lowest BCUT2D eigenvalue weighted by Crippen LogP contribution is -2.41. The van der Waals surface area contributed by atoms with Crippen molar-refractivity contribution in [2.45, 2.75) is 44.2 Å². The van der Waals surface area contributed by atoms with Gasteiger partial charge in [0.2, 0.25) is 5.91 Å². The van der Waals surface area contributed by atoms with Crippen LogP contribution in [0.3, 0.4) is 0 Å². The summed E-state index contributed by atoms with van der Waals surface area (Å²) in [6.07, 6.45) is 10.2. The van der Waals surface area contributed by atoms with Crippen LogP contribution in [0.1, 0.15) is 32.6 Å². The Morgan fingerprint density at radius 1 is 1.59 bits per heavy atom. The molecule has 1 fully saturated rings. The minimum Gasteiger partial charge on any atom is -0.379 e. The molecule has 0 bridgehead atoms. The molecule has 0 saturated carbocycles. The molecule has 0 radical (unpaired) electrons. The molecular weight excluding hydrogens is 296 g/mol. The standard InChI is InChI=1S/C16H24N4OS/c1-16(7-9-22-15(17)20-16)11-4-2-5-12(10-11)19-14(21)13-6-3-8-18-13/h2,5,10-11,13,18H,3-4,6-9H2,1H3,(H2,17,20)(H,19,21)/t11?,13-,16-/m0/s1. The molecule has 6 heteroatoms. The summed E-state index contributed by atoms with van der Waals surface area (Å²) in [5, 5.41) is 6.95. The molecule has 1 aliphatic carbocycles. The Hall–Kier alpha value is -1.27. The van der Waals surface area contributed by atoms with Crippen molar-refractivity contribution in [3.63, 3.8) is 0 Å². The zero-order valence-electron chi connectivity index (χ0n) is 13.0. The van der Waals surface area contributed by atoms with Gasteiger partial charge < -0.3 is 16.4 Å². The first-order valence-electron chi connectivity index (χ1n) is 7.97. The molecule has 0 aromatic carbocycles. The summed E-state index contributed by atoms with van der Waals surface area (Å²) in [6, 6.07) is -0.0509. The molecule has 1 unspecified atom stereocenters. The molecule has 1 amide bonds. The number of allylic oxidation sites excluding steroid dienone is 2.